The molecule has 24 heavy (non-hydrogen) atoms. The molecule has 0 radical (unpaired) electrons. The van der Waals surface area contributed by atoms with Crippen molar-refractivity contribution in [3.8, 4) is 0 Å². The van der Waals surface area contributed by atoms with Gasteiger partial charge in [-0.1, -0.05) is 6.42 Å². The van der Waals surface area contributed by atoms with Crippen molar-refractivity contribution in [2.75, 3.05) is 33.2 Å². The Balaban J connectivity index is 0.00000288. The summed E-state index contributed by atoms with van der Waals surface area (Å²) in [7, 11) is 1.83. The van der Waals surface area contributed by atoms with Crippen LogP contribution in [0.5, 0.6) is 0 Å². The van der Waals surface area contributed by atoms with E-state index in [0.717, 1.165) is 36.2 Å². The monoisotopic (exact) mass is 465 g/mol. The highest BCUT2D eigenvalue weighted by atomic mass is 127. The summed E-state index contributed by atoms with van der Waals surface area (Å²) >= 11 is 1.71. The molecule has 1 aliphatic heterocycles. The number of aliphatic imine (C=N–C) groups is 1. The smallest absolute Gasteiger partial charge is 0.191 e. The van der Waals surface area contributed by atoms with E-state index in [0.29, 0.717) is 0 Å². The van der Waals surface area contributed by atoms with Gasteiger partial charge in [-0.3, -0.25) is 9.89 Å². The molecule has 0 aliphatic carbocycles. The second-order valence-electron chi connectivity index (χ2n) is 6.82. The van der Waals surface area contributed by atoms with Gasteiger partial charge in [0.2, 0.25) is 0 Å². The number of rotatable bonds is 6. The Kier molecular flexibility index (Phi) is 9.51. The summed E-state index contributed by atoms with van der Waals surface area (Å²) < 4.78 is 0. The van der Waals surface area contributed by atoms with Crippen LogP contribution >= 0.6 is 35.3 Å². The lowest BCUT2D eigenvalue weighted by Crippen LogP contribution is -2.55. The van der Waals surface area contributed by atoms with Crippen LogP contribution in [0.15, 0.2) is 10.4 Å². The van der Waals surface area contributed by atoms with Gasteiger partial charge in [0.15, 0.2) is 5.96 Å². The van der Waals surface area contributed by atoms with Gasteiger partial charge in [-0.15, -0.1) is 35.3 Å². The van der Waals surface area contributed by atoms with Gasteiger partial charge in [0.05, 0.1) is 10.7 Å². The molecule has 1 aromatic heterocycles. The molecule has 1 saturated heterocycles. The van der Waals surface area contributed by atoms with Crippen LogP contribution in [-0.4, -0.2) is 54.6 Å². The first kappa shape index (κ1) is 21.6. The van der Waals surface area contributed by atoms with Crippen molar-refractivity contribution in [3.05, 3.63) is 16.1 Å². The largest absolute Gasteiger partial charge is 0.356 e. The third-order valence-electron chi connectivity index (χ3n) is 4.46. The molecule has 0 bridgehead atoms. The number of hydrogen-bond donors (Lipinski definition) is 2. The maximum Gasteiger partial charge on any atom is 0.191 e. The summed E-state index contributed by atoms with van der Waals surface area (Å²) in [4.78, 5) is 11.4. The Labute approximate surface area is 167 Å². The molecule has 5 nitrogen and oxygen atoms in total. The normalized spacial score (nSPS) is 16.6. The number of thiazole rings is 1. The van der Waals surface area contributed by atoms with Crippen LogP contribution < -0.4 is 10.6 Å². The quantitative estimate of drug-likeness (QED) is 0.385. The van der Waals surface area contributed by atoms with Gasteiger partial charge in [0.1, 0.15) is 0 Å². The van der Waals surface area contributed by atoms with Crippen molar-refractivity contribution in [2.24, 2.45) is 4.99 Å². The summed E-state index contributed by atoms with van der Waals surface area (Å²) in [5, 5.41) is 10.1. The molecule has 0 aromatic carbocycles. The van der Waals surface area contributed by atoms with Crippen molar-refractivity contribution in [1.29, 1.82) is 0 Å². The molecule has 0 atom stereocenters. The first-order valence-corrected chi connectivity index (χ1v) is 9.50. The minimum atomic E-state index is 0. The Bertz CT molecular complexity index is 509. The van der Waals surface area contributed by atoms with Gasteiger partial charge in [-0.25, -0.2) is 4.98 Å². The fraction of sp³-hybridized carbons (Fsp3) is 0.765. The number of hydrogen-bond acceptors (Lipinski definition) is 4. The molecule has 0 spiro atoms. The van der Waals surface area contributed by atoms with Crippen LogP contribution in [0.25, 0.3) is 0 Å². The standard InChI is InChI=1S/C17H31N5S.HI/c1-14-21-15(12-23-14)8-9-19-16(18-4)20-13-17(2,3)22-10-6-5-7-11-22;/h12H,5-11,13H2,1-4H3,(H2,18,19,20);1H. The zero-order chi connectivity index (χ0) is 16.7. The summed E-state index contributed by atoms with van der Waals surface area (Å²) in [5.41, 5.74) is 1.31. The molecular weight excluding hydrogens is 433 g/mol. The first-order valence-electron chi connectivity index (χ1n) is 8.62. The molecule has 0 unspecified atom stereocenters. The molecule has 2 N–H and O–H groups in total. The van der Waals surface area contributed by atoms with E-state index in [1.807, 2.05) is 14.0 Å². The van der Waals surface area contributed by atoms with E-state index in [1.165, 1.54) is 32.4 Å². The summed E-state index contributed by atoms with van der Waals surface area (Å²) in [5.74, 6) is 0.877. The summed E-state index contributed by atoms with van der Waals surface area (Å²) in [6.45, 7) is 10.9. The van der Waals surface area contributed by atoms with Crippen LogP contribution in [0.4, 0.5) is 0 Å². The van der Waals surface area contributed by atoms with Crippen molar-refractivity contribution in [2.45, 2.75) is 52.0 Å². The lowest BCUT2D eigenvalue weighted by Gasteiger charge is -2.41. The van der Waals surface area contributed by atoms with Gasteiger partial charge in [-0.05, 0) is 46.7 Å². The highest BCUT2D eigenvalue weighted by Crippen LogP contribution is 2.19. The van der Waals surface area contributed by atoms with Crippen LogP contribution in [-0.2, 0) is 6.42 Å². The van der Waals surface area contributed by atoms with E-state index < -0.39 is 0 Å². The predicted molar refractivity (Wildman–Crippen MR) is 115 cm³/mol. The number of aryl methyl sites for hydroxylation is 1. The number of likely N-dealkylation sites (tertiary alicyclic amines) is 1. The number of nitrogens with zero attached hydrogens (tertiary/aromatic N) is 3. The Morgan fingerprint density at radius 1 is 1.29 bits per heavy atom. The van der Waals surface area contributed by atoms with E-state index in [1.54, 1.807) is 11.3 Å². The number of aromatic nitrogens is 1. The number of guanidine groups is 1. The van der Waals surface area contributed by atoms with Crippen molar-refractivity contribution in [1.82, 2.24) is 20.5 Å². The zero-order valence-electron chi connectivity index (χ0n) is 15.4. The second kappa shape index (κ2) is 10.6. The molecular formula is C17H32IN5S. The third-order valence-corrected chi connectivity index (χ3v) is 5.29. The van der Waals surface area contributed by atoms with Crippen LogP contribution in [0, 0.1) is 6.92 Å². The maximum atomic E-state index is 4.49. The molecule has 0 amide bonds. The van der Waals surface area contributed by atoms with Crippen molar-refractivity contribution < 1.29 is 0 Å². The minimum Gasteiger partial charge on any atom is -0.356 e. The molecule has 0 saturated carbocycles. The van der Waals surface area contributed by atoms with E-state index in [4.69, 9.17) is 0 Å². The van der Waals surface area contributed by atoms with Crippen LogP contribution in [0.3, 0.4) is 0 Å². The van der Waals surface area contributed by atoms with Gasteiger partial charge in [0.25, 0.3) is 0 Å². The topological polar surface area (TPSA) is 52.6 Å². The molecule has 1 fully saturated rings. The molecule has 138 valence electrons. The Hall–Kier alpha value is -0.410. The Morgan fingerprint density at radius 3 is 2.58 bits per heavy atom. The van der Waals surface area contributed by atoms with Gasteiger partial charge >= 0.3 is 0 Å². The molecule has 1 aromatic rings. The first-order chi connectivity index (χ1) is 11.0. The van der Waals surface area contributed by atoms with E-state index in [-0.39, 0.29) is 29.5 Å². The number of nitrogens with one attached hydrogen (secondary N) is 2. The average molecular weight is 465 g/mol. The number of halogens is 1. The fourth-order valence-electron chi connectivity index (χ4n) is 2.96. The zero-order valence-corrected chi connectivity index (χ0v) is 18.5. The highest BCUT2D eigenvalue weighted by molar-refractivity contribution is 14.0. The van der Waals surface area contributed by atoms with E-state index in [2.05, 4.69) is 44.7 Å². The van der Waals surface area contributed by atoms with Gasteiger partial charge in [0, 0.05) is 37.5 Å². The van der Waals surface area contributed by atoms with Crippen molar-refractivity contribution >= 4 is 41.3 Å². The molecule has 2 rings (SSSR count). The summed E-state index contributed by atoms with van der Waals surface area (Å²) in [6.07, 6.45) is 4.95. The molecule has 7 heteroatoms. The second-order valence-corrected chi connectivity index (χ2v) is 7.88. The summed E-state index contributed by atoms with van der Waals surface area (Å²) in [6, 6.07) is 0. The SMILES string of the molecule is CN=C(NCCc1csc(C)n1)NCC(C)(C)N1CCCCC1.I. The lowest BCUT2D eigenvalue weighted by atomic mass is 9.98. The van der Waals surface area contributed by atoms with Crippen LogP contribution in [0.1, 0.15) is 43.8 Å². The predicted octanol–water partition coefficient (Wildman–Crippen LogP) is 3.04. The van der Waals surface area contributed by atoms with E-state index >= 15 is 0 Å². The fourth-order valence-corrected chi connectivity index (χ4v) is 3.61. The van der Waals surface area contributed by atoms with E-state index in [9.17, 15) is 0 Å². The average Bonchev–Trinajstić information content (AvgIpc) is 2.97. The number of piperidine rings is 1. The molecule has 1 aliphatic rings. The lowest BCUT2D eigenvalue weighted by molar-refractivity contribution is 0.0982. The van der Waals surface area contributed by atoms with Crippen molar-refractivity contribution in [3.63, 3.8) is 0 Å². The minimum absolute atomic E-state index is 0. The Morgan fingerprint density at radius 2 is 2.00 bits per heavy atom. The maximum absolute atomic E-state index is 4.49. The van der Waals surface area contributed by atoms with Crippen LogP contribution in [0.2, 0.25) is 0 Å². The molecule has 2 heterocycles. The highest BCUT2D eigenvalue weighted by Gasteiger charge is 2.27. The van der Waals surface area contributed by atoms with Gasteiger partial charge in [-0.2, -0.15) is 0 Å². The third kappa shape index (κ3) is 6.84. The van der Waals surface area contributed by atoms with Gasteiger partial charge < -0.3 is 10.6 Å².